The highest BCUT2D eigenvalue weighted by Crippen LogP contribution is 2.17. The standard InChI is InChI=1S/C11H12N2O/c1-8-4-2-3-5-9(8)6-10-7-13-14-11(10)12/h2-5,7H,6,12H2,1H3. The van der Waals surface area contributed by atoms with Gasteiger partial charge in [-0.15, -0.1) is 0 Å². The summed E-state index contributed by atoms with van der Waals surface area (Å²) in [6, 6.07) is 8.21. The Balaban J connectivity index is 2.28. The molecule has 0 amide bonds. The van der Waals surface area contributed by atoms with Gasteiger partial charge in [0.15, 0.2) is 0 Å². The molecule has 0 aliphatic heterocycles. The molecule has 0 saturated heterocycles. The molecule has 2 rings (SSSR count). The van der Waals surface area contributed by atoms with Crippen LogP contribution in [0.1, 0.15) is 16.7 Å². The van der Waals surface area contributed by atoms with Gasteiger partial charge in [-0.25, -0.2) is 0 Å². The zero-order valence-electron chi connectivity index (χ0n) is 8.03. The first-order valence-electron chi connectivity index (χ1n) is 4.51. The van der Waals surface area contributed by atoms with E-state index in [0.717, 1.165) is 12.0 Å². The maximum Gasteiger partial charge on any atom is 0.225 e. The number of aryl methyl sites for hydroxylation is 1. The number of rotatable bonds is 2. The Kier molecular flexibility index (Phi) is 2.23. The van der Waals surface area contributed by atoms with E-state index in [0.29, 0.717) is 5.88 Å². The number of anilines is 1. The van der Waals surface area contributed by atoms with Gasteiger partial charge in [0.1, 0.15) is 0 Å². The number of hydrogen-bond acceptors (Lipinski definition) is 3. The van der Waals surface area contributed by atoms with Gasteiger partial charge in [0.25, 0.3) is 0 Å². The van der Waals surface area contributed by atoms with Gasteiger partial charge in [0.05, 0.1) is 6.20 Å². The molecular formula is C11H12N2O. The zero-order chi connectivity index (χ0) is 9.97. The molecule has 14 heavy (non-hydrogen) atoms. The third-order valence-corrected chi connectivity index (χ3v) is 2.32. The highest BCUT2D eigenvalue weighted by Gasteiger charge is 2.05. The number of aromatic nitrogens is 1. The average Bonchev–Trinajstić information content (AvgIpc) is 2.56. The van der Waals surface area contributed by atoms with Crippen molar-refractivity contribution in [2.45, 2.75) is 13.3 Å². The van der Waals surface area contributed by atoms with Gasteiger partial charge < -0.3 is 10.3 Å². The molecule has 2 aromatic rings. The van der Waals surface area contributed by atoms with Crippen molar-refractivity contribution in [2.24, 2.45) is 0 Å². The lowest BCUT2D eigenvalue weighted by molar-refractivity contribution is 0.436. The maximum atomic E-state index is 5.61. The Labute approximate surface area is 82.5 Å². The van der Waals surface area contributed by atoms with Crippen LogP contribution >= 0.6 is 0 Å². The van der Waals surface area contributed by atoms with E-state index in [2.05, 4.69) is 24.2 Å². The molecule has 1 aromatic carbocycles. The highest BCUT2D eigenvalue weighted by molar-refractivity contribution is 5.39. The summed E-state index contributed by atoms with van der Waals surface area (Å²) in [4.78, 5) is 0. The molecule has 72 valence electrons. The Morgan fingerprint density at radius 1 is 1.29 bits per heavy atom. The van der Waals surface area contributed by atoms with Crippen molar-refractivity contribution in [2.75, 3.05) is 5.73 Å². The molecule has 0 spiro atoms. The number of nitrogens with two attached hydrogens (primary N) is 1. The van der Waals surface area contributed by atoms with Crippen LogP contribution in [0.3, 0.4) is 0 Å². The first-order valence-corrected chi connectivity index (χ1v) is 4.51. The summed E-state index contributed by atoms with van der Waals surface area (Å²) in [5.41, 5.74) is 9.06. The molecule has 2 N–H and O–H groups in total. The smallest absolute Gasteiger partial charge is 0.225 e. The fourth-order valence-electron chi connectivity index (χ4n) is 1.42. The second-order valence-electron chi connectivity index (χ2n) is 3.32. The summed E-state index contributed by atoms with van der Waals surface area (Å²) >= 11 is 0. The lowest BCUT2D eigenvalue weighted by atomic mass is 10.0. The average molecular weight is 188 g/mol. The molecule has 0 unspecified atom stereocenters. The van der Waals surface area contributed by atoms with E-state index in [1.165, 1.54) is 11.1 Å². The first kappa shape index (κ1) is 8.81. The molecule has 0 aliphatic rings. The van der Waals surface area contributed by atoms with Crippen LogP contribution < -0.4 is 5.73 Å². The van der Waals surface area contributed by atoms with E-state index in [-0.39, 0.29) is 0 Å². The molecule has 0 saturated carbocycles. The third kappa shape index (κ3) is 1.62. The van der Waals surface area contributed by atoms with Crippen LogP contribution in [0.15, 0.2) is 35.0 Å². The predicted octanol–water partition coefficient (Wildman–Crippen LogP) is 2.16. The minimum absolute atomic E-state index is 0.410. The molecule has 0 atom stereocenters. The fraction of sp³-hybridized carbons (Fsp3) is 0.182. The summed E-state index contributed by atoms with van der Waals surface area (Å²) in [5, 5.41) is 3.65. The van der Waals surface area contributed by atoms with Crippen LogP contribution in [0.5, 0.6) is 0 Å². The Morgan fingerprint density at radius 2 is 2.07 bits per heavy atom. The molecular weight excluding hydrogens is 176 g/mol. The van der Waals surface area contributed by atoms with E-state index in [1.807, 2.05) is 12.1 Å². The van der Waals surface area contributed by atoms with Crippen molar-refractivity contribution in [3.63, 3.8) is 0 Å². The van der Waals surface area contributed by atoms with Crippen molar-refractivity contribution in [3.8, 4) is 0 Å². The van der Waals surface area contributed by atoms with Gasteiger partial charge >= 0.3 is 0 Å². The summed E-state index contributed by atoms with van der Waals surface area (Å²) in [5.74, 6) is 0.410. The summed E-state index contributed by atoms with van der Waals surface area (Å²) in [7, 11) is 0. The minimum Gasteiger partial charge on any atom is -0.367 e. The SMILES string of the molecule is Cc1ccccc1Cc1cnoc1N. The summed E-state index contributed by atoms with van der Waals surface area (Å²) < 4.78 is 4.80. The van der Waals surface area contributed by atoms with E-state index in [1.54, 1.807) is 6.20 Å². The topological polar surface area (TPSA) is 52.0 Å². The van der Waals surface area contributed by atoms with Gasteiger partial charge in [-0.05, 0) is 18.1 Å². The first-order chi connectivity index (χ1) is 6.77. The Bertz CT molecular complexity index is 434. The molecule has 0 radical (unpaired) electrons. The Hall–Kier alpha value is -1.77. The van der Waals surface area contributed by atoms with Crippen LogP contribution in [-0.4, -0.2) is 5.16 Å². The van der Waals surface area contributed by atoms with Crippen LogP contribution in [0.25, 0.3) is 0 Å². The third-order valence-electron chi connectivity index (χ3n) is 2.32. The largest absolute Gasteiger partial charge is 0.367 e. The van der Waals surface area contributed by atoms with E-state index in [9.17, 15) is 0 Å². The quantitative estimate of drug-likeness (QED) is 0.785. The van der Waals surface area contributed by atoms with Crippen LogP contribution in [0.4, 0.5) is 5.88 Å². The summed E-state index contributed by atoms with van der Waals surface area (Å²) in [6.45, 7) is 2.08. The normalized spacial score (nSPS) is 10.4. The van der Waals surface area contributed by atoms with E-state index in [4.69, 9.17) is 10.3 Å². The lowest BCUT2D eigenvalue weighted by Crippen LogP contribution is -1.93. The highest BCUT2D eigenvalue weighted by atomic mass is 16.5. The van der Waals surface area contributed by atoms with Crippen molar-refractivity contribution < 1.29 is 4.52 Å². The summed E-state index contributed by atoms with van der Waals surface area (Å²) in [6.07, 6.45) is 2.45. The number of benzene rings is 1. The molecule has 3 nitrogen and oxygen atoms in total. The molecule has 0 fully saturated rings. The van der Waals surface area contributed by atoms with Gasteiger partial charge in [-0.3, -0.25) is 0 Å². The fourth-order valence-corrected chi connectivity index (χ4v) is 1.42. The van der Waals surface area contributed by atoms with Crippen LogP contribution in [0, 0.1) is 6.92 Å². The number of nitrogen functional groups attached to an aromatic ring is 1. The number of nitrogens with zero attached hydrogens (tertiary/aromatic N) is 1. The monoisotopic (exact) mass is 188 g/mol. The van der Waals surface area contributed by atoms with Gasteiger partial charge in [0, 0.05) is 12.0 Å². The lowest BCUT2D eigenvalue weighted by Gasteiger charge is -2.02. The molecule has 3 heteroatoms. The van der Waals surface area contributed by atoms with Crippen LogP contribution in [0.2, 0.25) is 0 Å². The second-order valence-corrected chi connectivity index (χ2v) is 3.32. The van der Waals surface area contributed by atoms with E-state index >= 15 is 0 Å². The Morgan fingerprint density at radius 3 is 2.71 bits per heavy atom. The van der Waals surface area contributed by atoms with Crippen molar-refractivity contribution in [1.82, 2.24) is 5.16 Å². The van der Waals surface area contributed by atoms with Crippen molar-refractivity contribution in [1.29, 1.82) is 0 Å². The second kappa shape index (κ2) is 3.54. The van der Waals surface area contributed by atoms with E-state index < -0.39 is 0 Å². The molecule has 1 heterocycles. The molecule has 0 aliphatic carbocycles. The van der Waals surface area contributed by atoms with Crippen LogP contribution in [-0.2, 0) is 6.42 Å². The number of hydrogen-bond donors (Lipinski definition) is 1. The zero-order valence-corrected chi connectivity index (χ0v) is 8.03. The molecule has 1 aromatic heterocycles. The van der Waals surface area contributed by atoms with Gasteiger partial charge in [0.2, 0.25) is 5.88 Å². The molecule has 0 bridgehead atoms. The maximum absolute atomic E-state index is 5.61. The van der Waals surface area contributed by atoms with Gasteiger partial charge in [-0.2, -0.15) is 0 Å². The van der Waals surface area contributed by atoms with Gasteiger partial charge in [-0.1, -0.05) is 29.4 Å². The minimum atomic E-state index is 0.410. The predicted molar refractivity (Wildman–Crippen MR) is 54.9 cm³/mol. The van der Waals surface area contributed by atoms with Crippen molar-refractivity contribution >= 4 is 5.88 Å². The van der Waals surface area contributed by atoms with Crippen molar-refractivity contribution in [3.05, 3.63) is 47.2 Å².